The van der Waals surface area contributed by atoms with E-state index in [1.54, 1.807) is 0 Å². The zero-order valence-electron chi connectivity index (χ0n) is 9.30. The molecule has 0 aliphatic rings. The van der Waals surface area contributed by atoms with Gasteiger partial charge in [0.1, 0.15) is 5.69 Å². The third kappa shape index (κ3) is 2.76. The van der Waals surface area contributed by atoms with Gasteiger partial charge in [0.05, 0.1) is 0 Å². The third-order valence-corrected chi connectivity index (χ3v) is 6.81. The van der Waals surface area contributed by atoms with Crippen molar-refractivity contribution in [2.75, 3.05) is 0 Å². The fourth-order valence-electron chi connectivity index (χ4n) is 1.05. The Kier molecular flexibility index (Phi) is 4.14. The highest BCUT2D eigenvalue weighted by atomic mass is 33.2. The first-order valence-corrected chi connectivity index (χ1v) is 8.21. The molecule has 1 aromatic rings. The second-order valence-electron chi connectivity index (χ2n) is 3.49. The molecule has 0 atom stereocenters. The van der Waals surface area contributed by atoms with Crippen LogP contribution in [0.2, 0.25) is 0 Å². The summed E-state index contributed by atoms with van der Waals surface area (Å²) in [4.78, 5) is 0. The van der Waals surface area contributed by atoms with Crippen molar-refractivity contribution >= 4 is 23.6 Å². The number of alkyl halides is 5. The Balaban J connectivity index is 3.28. The molecule has 1 aromatic carbocycles. The van der Waals surface area contributed by atoms with Crippen molar-refractivity contribution in [3.63, 3.8) is 0 Å². The molecule has 0 aliphatic heterocycles. The van der Waals surface area contributed by atoms with Gasteiger partial charge in [-0.2, -0.15) is 35.1 Å². The number of quaternary nitrogens is 1. The molecule has 2 N–H and O–H groups in total. The molecular weight excluding hydrogens is 333 g/mol. The van der Waals surface area contributed by atoms with Crippen LogP contribution >= 0.6 is 0 Å². The van der Waals surface area contributed by atoms with E-state index < -0.39 is 29.4 Å². The fraction of sp³-hybridized carbons (Fsp3) is 0.250. The summed E-state index contributed by atoms with van der Waals surface area (Å²) in [5.74, 6) is 0. The third-order valence-electron chi connectivity index (χ3n) is 2.03. The van der Waals surface area contributed by atoms with Crippen molar-refractivity contribution in [2.24, 2.45) is 0 Å². The average Bonchev–Trinajstić information content (AvgIpc) is 2.27. The Morgan fingerprint density at radius 1 is 0.850 bits per heavy atom. The van der Waals surface area contributed by atoms with E-state index in [1.807, 2.05) is 0 Å². The summed E-state index contributed by atoms with van der Waals surface area (Å²) in [7, 11) is -12.7. The van der Waals surface area contributed by atoms with Crippen LogP contribution in [0.1, 0.15) is 0 Å². The van der Waals surface area contributed by atoms with Crippen LogP contribution in [0, 0.1) is 0 Å². The van der Waals surface area contributed by atoms with E-state index in [4.69, 9.17) is 0 Å². The van der Waals surface area contributed by atoms with Crippen LogP contribution in [-0.2, 0) is 17.9 Å². The van der Waals surface area contributed by atoms with E-state index >= 15 is 0 Å². The monoisotopic (exact) mass is 340 g/mol. The molecule has 0 amide bonds. The molecule has 0 fully saturated rings. The Labute approximate surface area is 109 Å². The largest absolute Gasteiger partial charge is 0.470 e. The molecule has 0 radical (unpaired) electrons. The van der Waals surface area contributed by atoms with Gasteiger partial charge in [-0.15, -0.1) is 0 Å². The van der Waals surface area contributed by atoms with Crippen molar-refractivity contribution < 1.29 is 43.5 Å². The minimum Gasteiger partial charge on any atom is -0.200 e. The number of rotatable bonds is 4. The van der Waals surface area contributed by atoms with Crippen LogP contribution < -0.4 is 4.72 Å². The van der Waals surface area contributed by atoms with E-state index in [0.29, 0.717) is 0 Å². The van der Waals surface area contributed by atoms with Crippen LogP contribution in [0.15, 0.2) is 30.3 Å². The van der Waals surface area contributed by atoms with E-state index in [2.05, 4.69) is 0 Å². The lowest BCUT2D eigenvalue weighted by Crippen LogP contribution is -2.84. The molecule has 0 saturated carbocycles. The summed E-state index contributed by atoms with van der Waals surface area (Å²) in [6.45, 7) is 0. The highest BCUT2D eigenvalue weighted by molar-refractivity contribution is 8.64. The normalized spacial score (nSPS) is 14.2. The maximum absolute atomic E-state index is 12.8. The number of nitrogens with two attached hydrogens (primary N) is 1. The summed E-state index contributed by atoms with van der Waals surface area (Å²) in [6.07, 6.45) is -6.54. The molecule has 12 heteroatoms. The Morgan fingerprint density at radius 3 is 1.70 bits per heavy atom. The molecule has 0 spiro atoms. The van der Waals surface area contributed by atoms with E-state index in [0.717, 1.165) is 12.1 Å². The fourth-order valence-corrected chi connectivity index (χ4v) is 4.11. The van der Waals surface area contributed by atoms with Gasteiger partial charge in [0, 0.05) is 12.1 Å². The van der Waals surface area contributed by atoms with E-state index in [-0.39, 0.29) is 10.4 Å². The van der Waals surface area contributed by atoms with Crippen LogP contribution in [0.3, 0.4) is 0 Å². The molecule has 0 aromatic heterocycles. The lowest BCUT2D eigenvalue weighted by molar-refractivity contribution is -0.393. The van der Waals surface area contributed by atoms with Crippen LogP contribution in [0.5, 0.6) is 0 Å². The molecule has 114 valence electrons. The van der Waals surface area contributed by atoms with Crippen molar-refractivity contribution in [1.82, 2.24) is 0 Å². The molecule has 0 saturated heterocycles. The molecule has 0 heterocycles. The van der Waals surface area contributed by atoms with Crippen LogP contribution in [0.4, 0.5) is 27.6 Å². The number of benzene rings is 1. The van der Waals surface area contributed by atoms with Gasteiger partial charge in [-0.25, -0.2) is 8.42 Å². The summed E-state index contributed by atoms with van der Waals surface area (Å²) in [6, 6.07) is 5.95. The first-order chi connectivity index (χ1) is 8.83. The van der Waals surface area contributed by atoms with Gasteiger partial charge in [0.25, 0.3) is 0 Å². The molecule has 5 nitrogen and oxygen atoms in total. The van der Waals surface area contributed by atoms with Gasteiger partial charge in [0.2, 0.25) is 0 Å². The lowest BCUT2D eigenvalue weighted by Gasteiger charge is -2.17. The number of hydrogen-bond donors (Lipinski definition) is 1. The van der Waals surface area contributed by atoms with Gasteiger partial charge >= 0.3 is 29.4 Å². The second-order valence-corrected chi connectivity index (χ2v) is 8.84. The smallest absolute Gasteiger partial charge is 0.200 e. The van der Waals surface area contributed by atoms with Crippen molar-refractivity contribution in [2.45, 2.75) is 11.4 Å². The molecule has 0 bridgehead atoms. The average molecular weight is 340 g/mol. The number of halogens is 5. The highest BCUT2D eigenvalue weighted by Gasteiger charge is 2.72. The molecule has 20 heavy (non-hydrogen) atoms. The maximum Gasteiger partial charge on any atom is 0.470 e. The Hall–Kier alpha value is -1.27. The SMILES string of the molecule is O=S(=O)([NH2+]c1ccccc1)S(=O)(=O)C(F)(F)C(F)(F)F. The zero-order valence-corrected chi connectivity index (χ0v) is 10.9. The summed E-state index contributed by atoms with van der Waals surface area (Å²) < 4.78 is 106. The summed E-state index contributed by atoms with van der Waals surface area (Å²) in [5, 5.41) is -6.40. The molecule has 0 aliphatic carbocycles. The van der Waals surface area contributed by atoms with Crippen molar-refractivity contribution in [3.8, 4) is 0 Å². The molecule has 0 unspecified atom stereocenters. The predicted octanol–water partition coefficient (Wildman–Crippen LogP) is 0.696. The molecule has 1 rings (SSSR count). The zero-order chi connectivity index (χ0) is 15.8. The Morgan fingerprint density at radius 2 is 1.30 bits per heavy atom. The first kappa shape index (κ1) is 16.8. The van der Waals surface area contributed by atoms with E-state index in [9.17, 15) is 38.8 Å². The summed E-state index contributed by atoms with van der Waals surface area (Å²) >= 11 is 0. The topological polar surface area (TPSA) is 84.9 Å². The first-order valence-electron chi connectivity index (χ1n) is 4.67. The van der Waals surface area contributed by atoms with Gasteiger partial charge < -0.3 is 0 Å². The van der Waals surface area contributed by atoms with Gasteiger partial charge in [0.15, 0.2) is 0 Å². The van der Waals surface area contributed by atoms with Gasteiger partial charge in [-0.05, 0) is 0 Å². The molecular formula is C8H7F5NO4S2+. The van der Waals surface area contributed by atoms with Crippen molar-refractivity contribution in [3.05, 3.63) is 30.3 Å². The van der Waals surface area contributed by atoms with Crippen LogP contribution in [-0.4, -0.2) is 28.3 Å². The van der Waals surface area contributed by atoms with Crippen LogP contribution in [0.25, 0.3) is 0 Å². The van der Waals surface area contributed by atoms with Gasteiger partial charge in [-0.3, -0.25) is 0 Å². The number of hydrogen-bond acceptors (Lipinski definition) is 4. The van der Waals surface area contributed by atoms with Crippen molar-refractivity contribution in [1.29, 1.82) is 0 Å². The predicted molar refractivity (Wildman–Crippen MR) is 56.9 cm³/mol. The lowest BCUT2D eigenvalue weighted by atomic mass is 10.3. The minimum absolute atomic E-state index is 0.165. The minimum atomic E-state index is -6.84. The Bertz CT molecular complexity index is 681. The maximum atomic E-state index is 12.8. The quantitative estimate of drug-likeness (QED) is 0.497. The standard InChI is InChI=1S/C8H6F5NO4S2/c9-7(10,11)8(12,13)19(15,16)20(17,18)14-6-4-2-1-3-5-6/h1-5,14H/p+1. The summed E-state index contributed by atoms with van der Waals surface area (Å²) in [5.41, 5.74) is -0.353. The van der Waals surface area contributed by atoms with Gasteiger partial charge in [-0.1, -0.05) is 18.2 Å². The second kappa shape index (κ2) is 4.93. The highest BCUT2D eigenvalue weighted by Crippen LogP contribution is 2.41. The van der Waals surface area contributed by atoms with E-state index in [1.165, 1.54) is 18.2 Å².